The van der Waals surface area contributed by atoms with E-state index in [1.165, 1.54) is 13.8 Å². The van der Waals surface area contributed by atoms with Crippen LogP contribution in [-0.4, -0.2) is 28.8 Å². The summed E-state index contributed by atoms with van der Waals surface area (Å²) in [5.41, 5.74) is 4.70. The smallest absolute Gasteiger partial charge is 0.354 e. The minimum atomic E-state index is -4.50. The van der Waals surface area contributed by atoms with Gasteiger partial charge in [-0.15, -0.1) is 0 Å². The van der Waals surface area contributed by atoms with Crippen LogP contribution < -0.4 is 11.1 Å². The lowest BCUT2D eigenvalue weighted by Gasteiger charge is -2.06. The number of hydrogen-bond donors (Lipinski definition) is 2. The Labute approximate surface area is 109 Å². The van der Waals surface area contributed by atoms with E-state index in [-0.39, 0.29) is 18.0 Å². The Kier molecular flexibility index (Phi) is 4.93. The van der Waals surface area contributed by atoms with E-state index in [4.69, 9.17) is 5.73 Å². The van der Waals surface area contributed by atoms with Crippen molar-refractivity contribution in [1.82, 2.24) is 15.1 Å². The van der Waals surface area contributed by atoms with Crippen LogP contribution in [-0.2, 0) is 17.5 Å². The van der Waals surface area contributed by atoms with Crippen molar-refractivity contribution in [2.75, 3.05) is 13.1 Å². The monoisotopic (exact) mass is 278 g/mol. The molecule has 0 saturated heterocycles. The van der Waals surface area contributed by atoms with Crippen LogP contribution in [0.5, 0.6) is 0 Å². The predicted octanol–water partition coefficient (Wildman–Crippen LogP) is 0.984. The number of nitrogens with zero attached hydrogens (tertiary/aromatic N) is 2. The summed E-state index contributed by atoms with van der Waals surface area (Å²) in [6, 6.07) is 0. The molecule has 0 unspecified atom stereocenters. The molecule has 108 valence electrons. The van der Waals surface area contributed by atoms with Gasteiger partial charge >= 0.3 is 6.18 Å². The van der Waals surface area contributed by atoms with Gasteiger partial charge in [0, 0.05) is 17.8 Å². The minimum absolute atomic E-state index is 0.0438. The highest BCUT2D eigenvalue weighted by atomic mass is 19.4. The molecule has 0 aliphatic rings. The van der Waals surface area contributed by atoms with Gasteiger partial charge in [-0.1, -0.05) is 0 Å². The third kappa shape index (κ3) is 3.95. The van der Waals surface area contributed by atoms with Crippen LogP contribution >= 0.6 is 0 Å². The number of nitrogens with one attached hydrogen (secondary N) is 1. The van der Waals surface area contributed by atoms with E-state index in [0.717, 1.165) is 4.68 Å². The summed E-state index contributed by atoms with van der Waals surface area (Å²) in [6.45, 7) is 3.46. The first-order chi connectivity index (χ1) is 8.77. The number of carbonyl (C=O) groups is 1. The maximum absolute atomic E-state index is 12.6. The summed E-state index contributed by atoms with van der Waals surface area (Å²) >= 11 is 0. The molecule has 19 heavy (non-hydrogen) atoms. The van der Waals surface area contributed by atoms with Crippen molar-refractivity contribution in [3.63, 3.8) is 0 Å². The maximum atomic E-state index is 12.6. The summed E-state index contributed by atoms with van der Waals surface area (Å²) in [5.74, 6) is -0.382. The molecule has 1 rings (SSSR count). The zero-order valence-corrected chi connectivity index (χ0v) is 10.8. The van der Waals surface area contributed by atoms with Crippen LogP contribution in [0.25, 0.3) is 0 Å². The van der Waals surface area contributed by atoms with E-state index >= 15 is 0 Å². The fourth-order valence-corrected chi connectivity index (χ4v) is 1.58. The minimum Gasteiger partial charge on any atom is -0.354 e. The first-order valence-electron chi connectivity index (χ1n) is 5.85. The van der Waals surface area contributed by atoms with Crippen LogP contribution in [0.3, 0.4) is 0 Å². The number of carbonyl (C=O) groups excluding carboxylic acids is 1. The highest BCUT2D eigenvalue weighted by Crippen LogP contribution is 2.31. The number of hydrogen-bond acceptors (Lipinski definition) is 3. The fraction of sp³-hybridized carbons (Fsp3) is 0.636. The largest absolute Gasteiger partial charge is 0.435 e. The third-order valence-electron chi connectivity index (χ3n) is 2.77. The zero-order valence-electron chi connectivity index (χ0n) is 10.8. The molecule has 0 aromatic carbocycles. The number of aromatic nitrogens is 2. The van der Waals surface area contributed by atoms with Crippen molar-refractivity contribution >= 4 is 5.91 Å². The van der Waals surface area contributed by atoms with Crippen LogP contribution in [0.2, 0.25) is 0 Å². The molecule has 0 fully saturated rings. The molecule has 0 radical (unpaired) electrons. The van der Waals surface area contributed by atoms with E-state index in [0.29, 0.717) is 25.2 Å². The normalized spacial score (nSPS) is 11.7. The maximum Gasteiger partial charge on any atom is 0.435 e. The van der Waals surface area contributed by atoms with Crippen molar-refractivity contribution in [3.8, 4) is 0 Å². The molecule has 0 aliphatic carbocycles. The Morgan fingerprint density at radius 3 is 2.53 bits per heavy atom. The molecule has 0 atom stereocenters. The van der Waals surface area contributed by atoms with Crippen LogP contribution in [0, 0.1) is 13.8 Å². The molecule has 1 aromatic heterocycles. The summed E-state index contributed by atoms with van der Waals surface area (Å²) < 4.78 is 39.0. The van der Waals surface area contributed by atoms with Crippen molar-refractivity contribution < 1.29 is 18.0 Å². The fourth-order valence-electron chi connectivity index (χ4n) is 1.58. The van der Waals surface area contributed by atoms with E-state index in [1.807, 2.05) is 0 Å². The lowest BCUT2D eigenvalue weighted by Crippen LogP contribution is -2.30. The molecular weight excluding hydrogens is 261 g/mol. The molecule has 0 bridgehead atoms. The van der Waals surface area contributed by atoms with Gasteiger partial charge < -0.3 is 11.1 Å². The van der Waals surface area contributed by atoms with Crippen molar-refractivity contribution in [2.24, 2.45) is 5.73 Å². The number of alkyl halides is 3. The van der Waals surface area contributed by atoms with Gasteiger partial charge in [-0.3, -0.25) is 9.48 Å². The van der Waals surface area contributed by atoms with E-state index < -0.39 is 11.9 Å². The highest BCUT2D eigenvalue weighted by molar-refractivity contribution is 5.75. The lowest BCUT2D eigenvalue weighted by atomic mass is 10.2. The zero-order chi connectivity index (χ0) is 14.6. The van der Waals surface area contributed by atoms with Crippen molar-refractivity contribution in [2.45, 2.75) is 33.0 Å². The van der Waals surface area contributed by atoms with E-state index in [2.05, 4.69) is 10.4 Å². The Bertz CT molecular complexity index is 454. The van der Waals surface area contributed by atoms with Crippen LogP contribution in [0.15, 0.2) is 0 Å². The standard InChI is InChI=1S/C11H17F3N4O/c1-7-8(2)18(17-10(7)11(12,13)14)6-9(19)16-5-3-4-15/h3-6,15H2,1-2H3,(H,16,19). The van der Waals surface area contributed by atoms with Crippen LogP contribution in [0.1, 0.15) is 23.4 Å². The average Bonchev–Trinajstić information content (AvgIpc) is 2.57. The average molecular weight is 278 g/mol. The quantitative estimate of drug-likeness (QED) is 0.789. The second-order valence-corrected chi connectivity index (χ2v) is 4.21. The molecule has 1 heterocycles. The van der Waals surface area contributed by atoms with Gasteiger partial charge in [0.1, 0.15) is 6.54 Å². The molecule has 3 N–H and O–H groups in total. The second kappa shape index (κ2) is 6.05. The van der Waals surface area contributed by atoms with Gasteiger partial charge in [0.05, 0.1) is 0 Å². The first-order valence-corrected chi connectivity index (χ1v) is 5.85. The Hall–Kier alpha value is -1.57. The summed E-state index contributed by atoms with van der Waals surface area (Å²) in [4.78, 5) is 11.5. The highest BCUT2D eigenvalue weighted by Gasteiger charge is 2.37. The SMILES string of the molecule is Cc1c(C(F)(F)F)nn(CC(=O)NCCCN)c1C. The molecule has 8 heteroatoms. The Morgan fingerprint density at radius 2 is 2.05 bits per heavy atom. The number of nitrogens with two attached hydrogens (primary N) is 1. The summed E-state index contributed by atoms with van der Waals surface area (Å²) in [6.07, 6.45) is -3.88. The number of rotatable bonds is 5. The number of amides is 1. The lowest BCUT2D eigenvalue weighted by molar-refractivity contribution is -0.142. The predicted molar refractivity (Wildman–Crippen MR) is 63.4 cm³/mol. The molecule has 0 aliphatic heterocycles. The van der Waals surface area contributed by atoms with Gasteiger partial charge in [0.2, 0.25) is 5.91 Å². The van der Waals surface area contributed by atoms with Gasteiger partial charge in [-0.2, -0.15) is 18.3 Å². The Morgan fingerprint density at radius 1 is 1.42 bits per heavy atom. The topological polar surface area (TPSA) is 72.9 Å². The molecule has 1 amide bonds. The van der Waals surface area contributed by atoms with E-state index in [1.54, 1.807) is 0 Å². The summed E-state index contributed by atoms with van der Waals surface area (Å²) in [5, 5.41) is 6.02. The summed E-state index contributed by atoms with van der Waals surface area (Å²) in [7, 11) is 0. The second-order valence-electron chi connectivity index (χ2n) is 4.21. The first kappa shape index (κ1) is 15.5. The van der Waals surface area contributed by atoms with E-state index in [9.17, 15) is 18.0 Å². The molecule has 0 saturated carbocycles. The molecule has 1 aromatic rings. The number of halogens is 3. The Balaban J connectivity index is 2.77. The third-order valence-corrected chi connectivity index (χ3v) is 2.77. The molecular formula is C11H17F3N4O. The molecule has 0 spiro atoms. The van der Waals surface area contributed by atoms with Gasteiger partial charge in [-0.25, -0.2) is 0 Å². The van der Waals surface area contributed by atoms with Gasteiger partial charge in [-0.05, 0) is 26.8 Å². The van der Waals surface area contributed by atoms with Gasteiger partial charge in [0.15, 0.2) is 5.69 Å². The van der Waals surface area contributed by atoms with Crippen LogP contribution in [0.4, 0.5) is 13.2 Å². The molecule has 5 nitrogen and oxygen atoms in total. The van der Waals surface area contributed by atoms with Gasteiger partial charge in [0.25, 0.3) is 0 Å². The van der Waals surface area contributed by atoms with Crippen molar-refractivity contribution in [3.05, 3.63) is 17.0 Å². The van der Waals surface area contributed by atoms with Crippen molar-refractivity contribution in [1.29, 1.82) is 0 Å².